The highest BCUT2D eigenvalue weighted by atomic mass is 35.5. The molecule has 3 aromatic rings. The van der Waals surface area contributed by atoms with Crippen LogP contribution in [0.2, 0.25) is 5.02 Å². The highest BCUT2D eigenvalue weighted by Gasteiger charge is 2.47. The number of amides is 1. The van der Waals surface area contributed by atoms with Crippen molar-refractivity contribution in [1.82, 2.24) is 9.58 Å². The van der Waals surface area contributed by atoms with E-state index in [1.807, 2.05) is 36.4 Å². The van der Waals surface area contributed by atoms with E-state index >= 15 is 0 Å². The molecule has 5 rings (SSSR count). The van der Waals surface area contributed by atoms with Crippen molar-refractivity contribution in [3.05, 3.63) is 97.9 Å². The van der Waals surface area contributed by atoms with Crippen molar-refractivity contribution in [3.8, 4) is 0 Å². The number of hydrogen-bond donors (Lipinski definition) is 0. The van der Waals surface area contributed by atoms with Crippen LogP contribution in [0, 0.1) is 6.92 Å². The first-order chi connectivity index (χ1) is 16.6. The Labute approximate surface area is 209 Å². The van der Waals surface area contributed by atoms with E-state index in [9.17, 15) is 22.8 Å². The van der Waals surface area contributed by atoms with Crippen LogP contribution < -0.4 is 10.4 Å². The fourth-order valence-electron chi connectivity index (χ4n) is 4.65. The number of carbonyl (C=O) groups is 1. The molecule has 0 N–H and O–H groups in total. The number of thioether (sulfide) groups is 1. The van der Waals surface area contributed by atoms with Crippen LogP contribution in [0.15, 0.2) is 64.4 Å². The first kappa shape index (κ1) is 23.8. The number of fused-ring (bicyclic) bond motifs is 3. The van der Waals surface area contributed by atoms with Crippen LogP contribution in [0.5, 0.6) is 0 Å². The van der Waals surface area contributed by atoms with E-state index in [1.54, 1.807) is 22.8 Å². The van der Waals surface area contributed by atoms with E-state index in [2.05, 4.69) is 0 Å². The Morgan fingerprint density at radius 1 is 1.09 bits per heavy atom. The van der Waals surface area contributed by atoms with Crippen molar-refractivity contribution in [2.75, 3.05) is 11.7 Å². The van der Waals surface area contributed by atoms with Gasteiger partial charge in [-0.1, -0.05) is 35.9 Å². The molecule has 1 aromatic heterocycles. The minimum absolute atomic E-state index is 0.0715. The number of rotatable bonds is 2. The standard InChI is InChI=1S/C25H21ClF3N3O2S/c1-14-20(33)9-10-31-22(14)24(34)30(15(2)25(27,28)29)13-32(31)23-18-6-4-3-5-16(18)12-35-21-8-7-17(26)11-19(21)23/h3-11,15,23H,12-13H2,1-2H3/t15-,23+/m1/s1. The maximum absolute atomic E-state index is 13.8. The number of pyridine rings is 1. The van der Waals surface area contributed by atoms with E-state index in [-0.39, 0.29) is 17.9 Å². The number of halogens is 4. The number of aromatic nitrogens is 1. The molecule has 0 spiro atoms. The van der Waals surface area contributed by atoms with Crippen LogP contribution in [0.1, 0.15) is 45.7 Å². The Hall–Kier alpha value is -2.91. The summed E-state index contributed by atoms with van der Waals surface area (Å²) >= 11 is 8.00. The summed E-state index contributed by atoms with van der Waals surface area (Å²) in [6, 6.07) is 12.0. The van der Waals surface area contributed by atoms with E-state index in [0.29, 0.717) is 10.8 Å². The summed E-state index contributed by atoms with van der Waals surface area (Å²) in [5.41, 5.74) is 2.37. The summed E-state index contributed by atoms with van der Waals surface area (Å²) < 4.78 is 43.0. The van der Waals surface area contributed by atoms with Gasteiger partial charge in [0.1, 0.15) is 18.4 Å². The van der Waals surface area contributed by atoms with Gasteiger partial charge in [0.15, 0.2) is 5.43 Å². The predicted molar refractivity (Wildman–Crippen MR) is 130 cm³/mol. The largest absolute Gasteiger partial charge is 0.408 e. The molecule has 3 heterocycles. The third-order valence-electron chi connectivity index (χ3n) is 6.60. The number of alkyl halides is 3. The monoisotopic (exact) mass is 519 g/mol. The maximum Gasteiger partial charge on any atom is 0.408 e. The molecule has 182 valence electrons. The number of hydrogen-bond acceptors (Lipinski definition) is 4. The molecule has 2 aliphatic rings. The van der Waals surface area contributed by atoms with Crippen LogP contribution in [0.25, 0.3) is 0 Å². The van der Waals surface area contributed by atoms with Crippen LogP contribution in [0.3, 0.4) is 0 Å². The number of nitrogens with zero attached hydrogens (tertiary/aromatic N) is 3. The van der Waals surface area contributed by atoms with E-state index in [0.717, 1.165) is 33.4 Å². The Bertz CT molecular complexity index is 1390. The Kier molecular flexibility index (Phi) is 5.88. The van der Waals surface area contributed by atoms with Crippen LogP contribution in [0.4, 0.5) is 13.2 Å². The molecule has 0 saturated heterocycles. The quantitative estimate of drug-likeness (QED) is 0.448. The number of carbonyl (C=O) groups excluding carboxylic acids is 1. The second kappa shape index (κ2) is 8.64. The van der Waals surface area contributed by atoms with Gasteiger partial charge in [-0.05, 0) is 48.7 Å². The van der Waals surface area contributed by atoms with Crippen molar-refractivity contribution < 1.29 is 18.0 Å². The van der Waals surface area contributed by atoms with Gasteiger partial charge in [0, 0.05) is 33.5 Å². The Balaban J connectivity index is 1.79. The molecule has 1 amide bonds. The smallest absolute Gasteiger partial charge is 0.306 e. The third kappa shape index (κ3) is 4.00. The molecule has 0 bridgehead atoms. The van der Waals surface area contributed by atoms with Gasteiger partial charge in [0.05, 0.1) is 6.04 Å². The number of benzene rings is 2. The highest BCUT2D eigenvalue weighted by molar-refractivity contribution is 7.98. The van der Waals surface area contributed by atoms with Crippen molar-refractivity contribution in [2.24, 2.45) is 0 Å². The topological polar surface area (TPSA) is 45.6 Å². The molecular weight excluding hydrogens is 499 g/mol. The van der Waals surface area contributed by atoms with Crippen molar-refractivity contribution in [1.29, 1.82) is 0 Å². The fourth-order valence-corrected chi connectivity index (χ4v) is 5.90. The van der Waals surface area contributed by atoms with Gasteiger partial charge >= 0.3 is 6.18 Å². The summed E-state index contributed by atoms with van der Waals surface area (Å²) in [7, 11) is 0. The summed E-state index contributed by atoms with van der Waals surface area (Å²) in [5, 5.41) is 2.21. The van der Waals surface area contributed by atoms with Gasteiger partial charge in [-0.25, -0.2) is 0 Å². The van der Waals surface area contributed by atoms with Crippen LogP contribution in [-0.2, 0) is 5.75 Å². The molecule has 0 saturated carbocycles. The normalized spacial score (nSPS) is 18.5. The van der Waals surface area contributed by atoms with Crippen LogP contribution in [-0.4, -0.2) is 34.4 Å². The predicted octanol–water partition coefficient (Wildman–Crippen LogP) is 5.51. The van der Waals surface area contributed by atoms with Gasteiger partial charge in [-0.2, -0.15) is 13.2 Å². The van der Waals surface area contributed by atoms with Gasteiger partial charge in [-0.3, -0.25) is 19.3 Å². The molecule has 2 aromatic carbocycles. The van der Waals surface area contributed by atoms with Crippen LogP contribution >= 0.6 is 23.4 Å². The summed E-state index contributed by atoms with van der Waals surface area (Å²) in [4.78, 5) is 27.5. The fraction of sp³-hybridized carbons (Fsp3) is 0.280. The van der Waals surface area contributed by atoms with Crippen molar-refractivity contribution in [2.45, 2.75) is 42.8 Å². The first-order valence-electron chi connectivity index (χ1n) is 10.9. The Morgan fingerprint density at radius 3 is 2.57 bits per heavy atom. The molecule has 0 radical (unpaired) electrons. The minimum atomic E-state index is -4.63. The van der Waals surface area contributed by atoms with Gasteiger partial charge in [-0.15, -0.1) is 11.8 Å². The lowest BCUT2D eigenvalue weighted by Crippen LogP contribution is -2.60. The first-order valence-corrected chi connectivity index (χ1v) is 12.3. The van der Waals surface area contributed by atoms with E-state index in [4.69, 9.17) is 11.6 Å². The molecule has 2 aliphatic heterocycles. The summed E-state index contributed by atoms with van der Waals surface area (Å²) in [5.74, 6) is -0.156. The summed E-state index contributed by atoms with van der Waals surface area (Å²) in [6.45, 7) is 2.10. The lowest BCUT2D eigenvalue weighted by atomic mass is 9.94. The molecule has 10 heteroatoms. The zero-order chi connectivity index (χ0) is 25.1. The Morgan fingerprint density at radius 2 is 1.83 bits per heavy atom. The lowest BCUT2D eigenvalue weighted by molar-refractivity contribution is -0.173. The SMILES string of the molecule is Cc1c2n(ccc1=O)N([C@H]1c3ccccc3CSc3ccc(Cl)cc31)CN([C@H](C)C(F)(F)F)C2=O. The molecule has 0 unspecified atom stereocenters. The third-order valence-corrected chi connectivity index (χ3v) is 7.97. The molecule has 0 fully saturated rings. The molecule has 2 atom stereocenters. The molecular formula is C25H21ClF3N3O2S. The molecule has 5 nitrogen and oxygen atoms in total. The van der Waals surface area contributed by atoms with Gasteiger partial charge in [0.2, 0.25) is 0 Å². The van der Waals surface area contributed by atoms with Gasteiger partial charge in [0.25, 0.3) is 5.91 Å². The average molecular weight is 520 g/mol. The molecule has 35 heavy (non-hydrogen) atoms. The van der Waals surface area contributed by atoms with E-state index < -0.39 is 29.6 Å². The molecule has 0 aliphatic carbocycles. The maximum atomic E-state index is 13.8. The lowest BCUT2D eigenvalue weighted by Gasteiger charge is -2.46. The minimum Gasteiger partial charge on any atom is -0.306 e. The second-order valence-corrected chi connectivity index (χ2v) is 10.1. The highest BCUT2D eigenvalue weighted by Crippen LogP contribution is 2.44. The zero-order valence-electron chi connectivity index (χ0n) is 18.8. The van der Waals surface area contributed by atoms with Crippen molar-refractivity contribution in [3.63, 3.8) is 0 Å². The zero-order valence-corrected chi connectivity index (χ0v) is 20.4. The van der Waals surface area contributed by atoms with Crippen molar-refractivity contribution >= 4 is 29.3 Å². The second-order valence-electron chi connectivity index (χ2n) is 8.64. The summed E-state index contributed by atoms with van der Waals surface area (Å²) in [6.07, 6.45) is -3.17. The van der Waals surface area contributed by atoms with E-state index in [1.165, 1.54) is 23.9 Å². The van der Waals surface area contributed by atoms with Gasteiger partial charge < -0.3 is 4.90 Å². The average Bonchev–Trinajstić information content (AvgIpc) is 2.97.